The summed E-state index contributed by atoms with van der Waals surface area (Å²) < 4.78 is 0. The second kappa shape index (κ2) is 2.67. The maximum Gasteiger partial charge on any atom is 0.281 e. The maximum atomic E-state index is 10.0. The highest BCUT2D eigenvalue weighted by Gasteiger charge is 2.14. The van der Waals surface area contributed by atoms with Gasteiger partial charge in [-0.1, -0.05) is 13.8 Å². The van der Waals surface area contributed by atoms with Crippen molar-refractivity contribution in [2.24, 2.45) is 11.7 Å². The predicted molar refractivity (Wildman–Crippen MR) is 30.0 cm³/mol. The fraction of sp³-hybridized carbons (Fsp3) is 0.800. The van der Waals surface area contributed by atoms with Crippen molar-refractivity contribution in [2.45, 2.75) is 19.9 Å². The van der Waals surface area contributed by atoms with Gasteiger partial charge in [-0.3, -0.25) is 4.79 Å². The van der Waals surface area contributed by atoms with Gasteiger partial charge in [0.15, 0.2) is 0 Å². The van der Waals surface area contributed by atoms with Crippen molar-refractivity contribution in [1.29, 1.82) is 0 Å². The van der Waals surface area contributed by atoms with Crippen molar-refractivity contribution >= 4 is 5.91 Å². The van der Waals surface area contributed by atoms with Gasteiger partial charge in [0.25, 0.3) is 5.91 Å². The molecule has 2 N–H and O–H groups in total. The molecule has 0 spiro atoms. The Balaban J connectivity index is 3.64. The second-order valence-electron chi connectivity index (χ2n) is 2.11. The standard InChI is InChI=1S/C5H10N2O/c1-3(2)4(6)5(7)8/h3-4H,6H2,1-2H3. The van der Waals surface area contributed by atoms with Crippen LogP contribution in [0.1, 0.15) is 13.8 Å². The fourth-order valence-electron chi connectivity index (χ4n) is 0.285. The smallest absolute Gasteiger partial charge is 0.281 e. The van der Waals surface area contributed by atoms with Crippen LogP contribution in [-0.4, -0.2) is 11.9 Å². The lowest BCUT2D eigenvalue weighted by atomic mass is 10.1. The molecule has 3 nitrogen and oxygen atoms in total. The zero-order valence-corrected chi connectivity index (χ0v) is 5.09. The van der Waals surface area contributed by atoms with Gasteiger partial charge >= 0.3 is 0 Å². The molecule has 0 aromatic carbocycles. The monoisotopic (exact) mass is 114 g/mol. The van der Waals surface area contributed by atoms with Gasteiger partial charge in [-0.15, -0.1) is 5.73 Å². The van der Waals surface area contributed by atoms with Gasteiger partial charge in [0, 0.05) is 0 Å². The lowest BCUT2D eigenvalue weighted by molar-refractivity contribution is -0.120. The molecule has 0 heterocycles. The number of nitrogens with two attached hydrogens (primary N) is 1. The largest absolute Gasteiger partial charge is 0.320 e. The SMILES string of the molecule is CC(C)C(N)C([N])=O. The number of amides is 1. The Labute approximate surface area is 49.0 Å². The van der Waals surface area contributed by atoms with Crippen molar-refractivity contribution in [3.05, 3.63) is 0 Å². The molecule has 0 aliphatic carbocycles. The van der Waals surface area contributed by atoms with Gasteiger partial charge in [0.2, 0.25) is 0 Å². The van der Waals surface area contributed by atoms with Crippen LogP contribution in [0.4, 0.5) is 0 Å². The van der Waals surface area contributed by atoms with Crippen LogP contribution in [0, 0.1) is 5.92 Å². The van der Waals surface area contributed by atoms with Gasteiger partial charge in [-0.2, -0.15) is 0 Å². The first-order chi connectivity index (χ1) is 3.55. The second-order valence-corrected chi connectivity index (χ2v) is 2.11. The van der Waals surface area contributed by atoms with E-state index < -0.39 is 11.9 Å². The molecule has 0 aliphatic rings. The van der Waals surface area contributed by atoms with E-state index >= 15 is 0 Å². The first-order valence-electron chi connectivity index (χ1n) is 2.54. The maximum absolute atomic E-state index is 10.0. The molecule has 1 unspecified atom stereocenters. The Kier molecular flexibility index (Phi) is 2.48. The topological polar surface area (TPSA) is 65.4 Å². The number of carbonyl (C=O) groups excluding carboxylic acids is 1. The average molecular weight is 114 g/mol. The summed E-state index contributed by atoms with van der Waals surface area (Å²) in [6.45, 7) is 3.55. The number of hydrogen-bond acceptors (Lipinski definition) is 2. The van der Waals surface area contributed by atoms with Crippen molar-refractivity contribution in [1.82, 2.24) is 5.73 Å². The molecule has 8 heavy (non-hydrogen) atoms. The Morgan fingerprint density at radius 1 is 1.62 bits per heavy atom. The van der Waals surface area contributed by atoms with Gasteiger partial charge in [0.1, 0.15) is 0 Å². The lowest BCUT2D eigenvalue weighted by Gasteiger charge is -2.07. The molecular weight excluding hydrogens is 104 g/mol. The Morgan fingerprint density at radius 2 is 2.00 bits per heavy atom. The van der Waals surface area contributed by atoms with E-state index in [1.54, 1.807) is 13.8 Å². The summed E-state index contributed by atoms with van der Waals surface area (Å²) in [6, 6.07) is -0.713. The van der Waals surface area contributed by atoms with Crippen LogP contribution < -0.4 is 11.5 Å². The van der Waals surface area contributed by atoms with E-state index in [-0.39, 0.29) is 5.92 Å². The lowest BCUT2D eigenvalue weighted by Crippen LogP contribution is -2.35. The Morgan fingerprint density at radius 3 is 2.00 bits per heavy atom. The normalized spacial score (nSPS) is 14.0. The number of rotatable bonds is 2. The molecule has 0 fully saturated rings. The third-order valence-electron chi connectivity index (χ3n) is 1.00. The zero-order valence-electron chi connectivity index (χ0n) is 5.09. The molecule has 0 bridgehead atoms. The van der Waals surface area contributed by atoms with Crippen LogP contribution in [0.25, 0.3) is 0 Å². The van der Waals surface area contributed by atoms with Crippen LogP contribution in [0.5, 0.6) is 0 Å². The van der Waals surface area contributed by atoms with E-state index in [0.29, 0.717) is 0 Å². The molecule has 0 rings (SSSR count). The molecule has 0 aromatic rings. The molecule has 1 amide bonds. The molecule has 0 aliphatic heterocycles. The highest BCUT2D eigenvalue weighted by Crippen LogP contribution is 1.95. The third-order valence-corrected chi connectivity index (χ3v) is 1.00. The van der Waals surface area contributed by atoms with Crippen LogP contribution in [0.2, 0.25) is 0 Å². The first-order valence-corrected chi connectivity index (χ1v) is 2.54. The van der Waals surface area contributed by atoms with Crippen LogP contribution in [-0.2, 0) is 4.79 Å². The fourth-order valence-corrected chi connectivity index (χ4v) is 0.285. The van der Waals surface area contributed by atoms with E-state index in [1.807, 2.05) is 0 Å². The van der Waals surface area contributed by atoms with Crippen LogP contribution in [0.15, 0.2) is 0 Å². The van der Waals surface area contributed by atoms with Gasteiger partial charge in [-0.05, 0) is 5.92 Å². The molecule has 46 valence electrons. The zero-order chi connectivity index (χ0) is 6.73. The quantitative estimate of drug-likeness (QED) is 0.529. The molecular formula is C5H10N2O. The minimum absolute atomic E-state index is 0.0208. The van der Waals surface area contributed by atoms with Gasteiger partial charge < -0.3 is 5.73 Å². The Hall–Kier alpha value is -0.570. The molecule has 3 heteroatoms. The molecule has 0 saturated carbocycles. The van der Waals surface area contributed by atoms with E-state index in [0.717, 1.165) is 0 Å². The summed E-state index contributed by atoms with van der Waals surface area (Å²) in [5.74, 6) is -0.910. The van der Waals surface area contributed by atoms with Crippen LogP contribution >= 0.6 is 0 Å². The molecule has 0 saturated heterocycles. The van der Waals surface area contributed by atoms with Crippen LogP contribution in [0.3, 0.4) is 0 Å². The number of nitrogens with zero attached hydrogens (tertiary/aromatic N) is 1. The van der Waals surface area contributed by atoms with Gasteiger partial charge in [0.05, 0.1) is 6.04 Å². The third kappa shape index (κ3) is 1.93. The van der Waals surface area contributed by atoms with E-state index in [1.165, 1.54) is 0 Å². The van der Waals surface area contributed by atoms with Crippen molar-refractivity contribution in [3.8, 4) is 0 Å². The molecule has 0 aromatic heterocycles. The first kappa shape index (κ1) is 7.43. The Bertz CT molecular complexity index is 90.4. The summed E-state index contributed by atoms with van der Waals surface area (Å²) in [7, 11) is 0. The summed E-state index contributed by atoms with van der Waals surface area (Å²) in [4.78, 5) is 10.0. The minimum atomic E-state index is -0.931. The molecule has 1 atom stereocenters. The van der Waals surface area contributed by atoms with Crippen molar-refractivity contribution in [3.63, 3.8) is 0 Å². The average Bonchev–Trinajstić information content (AvgIpc) is 1.64. The highest BCUT2D eigenvalue weighted by atomic mass is 16.1. The van der Waals surface area contributed by atoms with E-state index in [4.69, 9.17) is 11.5 Å². The molecule has 2 radical (unpaired) electrons. The van der Waals surface area contributed by atoms with Gasteiger partial charge in [-0.25, -0.2) is 0 Å². The number of hydrogen-bond donors (Lipinski definition) is 1. The summed E-state index contributed by atoms with van der Waals surface area (Å²) >= 11 is 0. The summed E-state index contributed by atoms with van der Waals surface area (Å²) in [6.07, 6.45) is 0. The van der Waals surface area contributed by atoms with Crippen molar-refractivity contribution < 1.29 is 4.79 Å². The van der Waals surface area contributed by atoms with E-state index in [2.05, 4.69) is 0 Å². The summed E-state index contributed by atoms with van der Waals surface area (Å²) in [5, 5.41) is 0. The number of carbonyl (C=O) groups is 1. The predicted octanol–water partition coefficient (Wildman–Crippen LogP) is -0.435. The van der Waals surface area contributed by atoms with E-state index in [9.17, 15) is 4.79 Å². The van der Waals surface area contributed by atoms with Crippen molar-refractivity contribution in [2.75, 3.05) is 0 Å². The minimum Gasteiger partial charge on any atom is -0.320 e. The highest BCUT2D eigenvalue weighted by molar-refractivity contribution is 5.78. The summed E-state index contributed by atoms with van der Waals surface area (Å²) in [5.41, 5.74) is 13.4.